The Kier molecular flexibility index (Phi) is 7.96. The number of hydrogen-bond acceptors (Lipinski definition) is 3. The molecule has 0 aromatic heterocycles. The summed E-state index contributed by atoms with van der Waals surface area (Å²) >= 11 is 5.99. The normalized spacial score (nSPS) is 11.5. The average Bonchev–Trinajstić information content (AvgIpc) is 2.21. The Morgan fingerprint density at radius 2 is 2.12 bits per heavy atom. The fraction of sp³-hybridized carbons (Fsp3) is 0.417. The molecular formula is C12H17Cl2NO2. The van der Waals surface area contributed by atoms with Crippen LogP contribution in [0.1, 0.15) is 18.9 Å². The standard InChI is InChI=1S/C12H16ClNO2.ClH/c1-2-16-12(15)8-10(14)7-9-5-3-4-6-11(9)13;/h3-6,10H,2,7-8,14H2,1H3;1H. The highest BCUT2D eigenvalue weighted by Gasteiger charge is 2.12. The van der Waals surface area contributed by atoms with Gasteiger partial charge in [-0.15, -0.1) is 12.4 Å². The number of ether oxygens (including phenoxy) is 1. The van der Waals surface area contributed by atoms with Crippen LogP contribution in [0.2, 0.25) is 5.02 Å². The number of halogens is 2. The third-order valence-corrected chi connectivity index (χ3v) is 2.54. The predicted molar refractivity (Wildman–Crippen MR) is 71.6 cm³/mol. The van der Waals surface area contributed by atoms with Crippen LogP contribution < -0.4 is 5.73 Å². The van der Waals surface area contributed by atoms with E-state index >= 15 is 0 Å². The molecule has 0 saturated carbocycles. The molecule has 96 valence electrons. The number of carbonyl (C=O) groups excluding carboxylic acids is 1. The lowest BCUT2D eigenvalue weighted by Crippen LogP contribution is -2.27. The topological polar surface area (TPSA) is 52.3 Å². The predicted octanol–water partition coefficient (Wildman–Crippen LogP) is 2.58. The van der Waals surface area contributed by atoms with E-state index in [1.54, 1.807) is 6.92 Å². The molecule has 1 rings (SSSR count). The molecular weight excluding hydrogens is 261 g/mol. The lowest BCUT2D eigenvalue weighted by atomic mass is 10.0. The van der Waals surface area contributed by atoms with Crippen LogP contribution in [0.3, 0.4) is 0 Å². The fourth-order valence-electron chi connectivity index (χ4n) is 1.45. The molecule has 0 fully saturated rings. The summed E-state index contributed by atoms with van der Waals surface area (Å²) in [4.78, 5) is 11.2. The molecule has 1 aromatic rings. The fourth-order valence-corrected chi connectivity index (χ4v) is 1.67. The van der Waals surface area contributed by atoms with Gasteiger partial charge in [0.15, 0.2) is 0 Å². The third kappa shape index (κ3) is 5.91. The second-order valence-corrected chi connectivity index (χ2v) is 3.97. The Balaban J connectivity index is 0.00000256. The molecule has 17 heavy (non-hydrogen) atoms. The third-order valence-electron chi connectivity index (χ3n) is 2.17. The van der Waals surface area contributed by atoms with E-state index in [2.05, 4.69) is 0 Å². The summed E-state index contributed by atoms with van der Waals surface area (Å²) in [5.41, 5.74) is 6.81. The molecule has 0 aliphatic heterocycles. The van der Waals surface area contributed by atoms with E-state index in [1.165, 1.54) is 0 Å². The minimum absolute atomic E-state index is 0. The van der Waals surface area contributed by atoms with Crippen molar-refractivity contribution >= 4 is 30.0 Å². The molecule has 0 aliphatic carbocycles. The van der Waals surface area contributed by atoms with Crippen molar-refractivity contribution in [3.8, 4) is 0 Å². The molecule has 5 heteroatoms. The van der Waals surface area contributed by atoms with Gasteiger partial charge in [-0.2, -0.15) is 0 Å². The largest absolute Gasteiger partial charge is 0.466 e. The molecule has 0 spiro atoms. The zero-order valence-electron chi connectivity index (χ0n) is 9.69. The van der Waals surface area contributed by atoms with Crippen LogP contribution in [0.4, 0.5) is 0 Å². The Hall–Kier alpha value is -0.770. The summed E-state index contributed by atoms with van der Waals surface area (Å²) in [5.74, 6) is -0.262. The van der Waals surface area contributed by atoms with E-state index in [-0.39, 0.29) is 30.8 Å². The minimum Gasteiger partial charge on any atom is -0.466 e. The summed E-state index contributed by atoms with van der Waals surface area (Å²) in [5, 5.41) is 0.682. The van der Waals surface area contributed by atoms with Crippen molar-refractivity contribution < 1.29 is 9.53 Å². The van der Waals surface area contributed by atoms with Gasteiger partial charge in [0.2, 0.25) is 0 Å². The number of esters is 1. The molecule has 1 unspecified atom stereocenters. The van der Waals surface area contributed by atoms with E-state index in [9.17, 15) is 4.79 Å². The lowest BCUT2D eigenvalue weighted by molar-refractivity contribution is -0.143. The van der Waals surface area contributed by atoms with Gasteiger partial charge in [0.25, 0.3) is 0 Å². The van der Waals surface area contributed by atoms with Crippen LogP contribution in [-0.4, -0.2) is 18.6 Å². The van der Waals surface area contributed by atoms with Gasteiger partial charge in [0.05, 0.1) is 13.0 Å². The number of hydrogen-bond donors (Lipinski definition) is 1. The van der Waals surface area contributed by atoms with E-state index < -0.39 is 0 Å². The van der Waals surface area contributed by atoms with Crippen LogP contribution in [0.25, 0.3) is 0 Å². The first-order valence-corrected chi connectivity index (χ1v) is 5.66. The van der Waals surface area contributed by atoms with Gasteiger partial charge in [-0.25, -0.2) is 0 Å². The van der Waals surface area contributed by atoms with Crippen molar-refractivity contribution in [2.75, 3.05) is 6.61 Å². The summed E-state index contributed by atoms with van der Waals surface area (Å²) in [6.07, 6.45) is 0.803. The maximum atomic E-state index is 11.2. The molecule has 2 N–H and O–H groups in total. The van der Waals surface area contributed by atoms with Crippen molar-refractivity contribution in [1.82, 2.24) is 0 Å². The molecule has 1 atom stereocenters. The van der Waals surface area contributed by atoms with E-state index in [0.717, 1.165) is 5.56 Å². The molecule has 0 radical (unpaired) electrons. The second-order valence-electron chi connectivity index (χ2n) is 3.56. The molecule has 3 nitrogen and oxygen atoms in total. The van der Waals surface area contributed by atoms with Crippen molar-refractivity contribution in [2.45, 2.75) is 25.8 Å². The molecule has 0 heterocycles. The van der Waals surface area contributed by atoms with Gasteiger partial charge in [-0.3, -0.25) is 4.79 Å². The maximum absolute atomic E-state index is 11.2. The van der Waals surface area contributed by atoms with Gasteiger partial charge < -0.3 is 10.5 Å². The zero-order chi connectivity index (χ0) is 12.0. The van der Waals surface area contributed by atoms with Crippen LogP contribution in [0.15, 0.2) is 24.3 Å². The maximum Gasteiger partial charge on any atom is 0.307 e. The Morgan fingerprint density at radius 1 is 1.47 bits per heavy atom. The zero-order valence-corrected chi connectivity index (χ0v) is 11.3. The minimum atomic E-state index is -0.262. The Morgan fingerprint density at radius 3 is 2.71 bits per heavy atom. The first-order chi connectivity index (χ1) is 7.63. The van der Waals surface area contributed by atoms with Gasteiger partial charge in [-0.05, 0) is 25.0 Å². The Labute approximate surface area is 113 Å². The van der Waals surface area contributed by atoms with Crippen LogP contribution in [-0.2, 0) is 16.0 Å². The highest BCUT2D eigenvalue weighted by molar-refractivity contribution is 6.31. The van der Waals surface area contributed by atoms with E-state index in [0.29, 0.717) is 18.1 Å². The summed E-state index contributed by atoms with van der Waals surface area (Å²) in [6.45, 7) is 2.16. The van der Waals surface area contributed by atoms with Gasteiger partial charge >= 0.3 is 5.97 Å². The molecule has 0 bridgehead atoms. The number of nitrogens with two attached hydrogens (primary N) is 1. The summed E-state index contributed by atoms with van der Waals surface area (Å²) in [6, 6.07) is 7.24. The molecule has 0 saturated heterocycles. The second kappa shape index (κ2) is 8.34. The van der Waals surface area contributed by atoms with Crippen LogP contribution in [0, 0.1) is 0 Å². The van der Waals surface area contributed by atoms with Crippen molar-refractivity contribution in [1.29, 1.82) is 0 Å². The van der Waals surface area contributed by atoms with Gasteiger partial charge in [0.1, 0.15) is 0 Å². The molecule has 0 aliphatic rings. The SMILES string of the molecule is CCOC(=O)CC(N)Cc1ccccc1Cl.Cl. The van der Waals surface area contributed by atoms with Crippen molar-refractivity contribution in [3.63, 3.8) is 0 Å². The quantitative estimate of drug-likeness (QED) is 0.842. The molecule has 1 aromatic carbocycles. The first-order valence-electron chi connectivity index (χ1n) is 5.28. The number of rotatable bonds is 5. The van der Waals surface area contributed by atoms with Crippen LogP contribution in [0.5, 0.6) is 0 Å². The molecule has 0 amide bonds. The highest BCUT2D eigenvalue weighted by Crippen LogP contribution is 2.16. The monoisotopic (exact) mass is 277 g/mol. The van der Waals surface area contributed by atoms with Crippen LogP contribution >= 0.6 is 24.0 Å². The van der Waals surface area contributed by atoms with E-state index in [1.807, 2.05) is 24.3 Å². The lowest BCUT2D eigenvalue weighted by Gasteiger charge is -2.11. The van der Waals surface area contributed by atoms with Gasteiger partial charge in [0, 0.05) is 11.1 Å². The van der Waals surface area contributed by atoms with E-state index in [4.69, 9.17) is 22.1 Å². The average molecular weight is 278 g/mol. The summed E-state index contributed by atoms with van der Waals surface area (Å²) in [7, 11) is 0. The highest BCUT2D eigenvalue weighted by atomic mass is 35.5. The van der Waals surface area contributed by atoms with Crippen molar-refractivity contribution in [2.24, 2.45) is 5.73 Å². The number of benzene rings is 1. The van der Waals surface area contributed by atoms with Crippen molar-refractivity contribution in [3.05, 3.63) is 34.9 Å². The smallest absolute Gasteiger partial charge is 0.307 e. The Bertz CT molecular complexity index is 358. The van der Waals surface area contributed by atoms with Gasteiger partial charge in [-0.1, -0.05) is 29.8 Å². The number of carbonyl (C=O) groups is 1. The summed E-state index contributed by atoms with van der Waals surface area (Å²) < 4.78 is 4.83. The first kappa shape index (κ1) is 16.2.